The number of Topliss-reactive ketones (excluding diaryl/α,β-unsaturated/α-hetero) is 1. The Morgan fingerprint density at radius 3 is 2.59 bits per heavy atom. The molecule has 1 heterocycles. The van der Waals surface area contributed by atoms with Gasteiger partial charge in [0, 0.05) is 22.7 Å². The first kappa shape index (κ1) is 12.6. The molecule has 0 fully saturated rings. The van der Waals surface area contributed by atoms with Crippen molar-refractivity contribution in [1.82, 2.24) is 0 Å². The monoisotopic (exact) mass is 284 g/mol. The van der Waals surface area contributed by atoms with Crippen molar-refractivity contribution in [2.75, 3.05) is 0 Å². The molecule has 0 bridgehead atoms. The van der Waals surface area contributed by atoms with E-state index in [1.54, 1.807) is 6.07 Å². The highest BCUT2D eigenvalue weighted by atomic mass is 35.5. The molecule has 0 aliphatic heterocycles. The van der Waals surface area contributed by atoms with Crippen LogP contribution in [-0.4, -0.2) is 5.78 Å². The topological polar surface area (TPSA) is 17.1 Å². The molecule has 0 saturated heterocycles. The Morgan fingerprint density at radius 1 is 1.12 bits per heavy atom. The minimum Gasteiger partial charge on any atom is -0.299 e. The minimum atomic E-state index is 0.172. The minimum absolute atomic E-state index is 0.172. The van der Waals surface area contributed by atoms with E-state index < -0.39 is 0 Å². The quantitative estimate of drug-likeness (QED) is 0.813. The van der Waals surface area contributed by atoms with Crippen molar-refractivity contribution in [3.8, 4) is 0 Å². The van der Waals surface area contributed by atoms with Crippen LogP contribution in [0.3, 0.4) is 0 Å². The molecule has 1 aromatic heterocycles. The maximum absolute atomic E-state index is 11.8. The third-order valence-corrected chi connectivity index (χ3v) is 3.76. The molecule has 1 aromatic carbocycles. The summed E-state index contributed by atoms with van der Waals surface area (Å²) in [5, 5.41) is 0.662. The van der Waals surface area contributed by atoms with Crippen LogP contribution in [0.25, 0.3) is 0 Å². The standard InChI is InChI=1S/C13H10Cl2OS/c14-10-3-1-2-9(6-10)7-11(16)8-12-4-5-13(15)17-12/h1-6H,7-8H2. The summed E-state index contributed by atoms with van der Waals surface area (Å²) in [6, 6.07) is 11.1. The number of ketones is 1. The van der Waals surface area contributed by atoms with E-state index in [9.17, 15) is 4.79 Å². The van der Waals surface area contributed by atoms with Gasteiger partial charge in [-0.3, -0.25) is 4.79 Å². The lowest BCUT2D eigenvalue weighted by Gasteiger charge is -2.00. The molecule has 0 spiro atoms. The van der Waals surface area contributed by atoms with Gasteiger partial charge in [-0.1, -0.05) is 35.3 Å². The summed E-state index contributed by atoms with van der Waals surface area (Å²) in [5.74, 6) is 0.172. The molecule has 0 aliphatic rings. The lowest BCUT2D eigenvalue weighted by molar-refractivity contribution is -0.117. The second-order valence-corrected chi connectivity index (χ2v) is 5.96. The van der Waals surface area contributed by atoms with Crippen molar-refractivity contribution in [1.29, 1.82) is 0 Å². The van der Waals surface area contributed by atoms with Crippen LogP contribution in [0.1, 0.15) is 10.4 Å². The Balaban J connectivity index is 1.98. The van der Waals surface area contributed by atoms with E-state index in [0.29, 0.717) is 17.9 Å². The highest BCUT2D eigenvalue weighted by molar-refractivity contribution is 7.16. The second-order valence-electron chi connectivity index (χ2n) is 3.73. The molecule has 1 nitrogen and oxygen atoms in total. The van der Waals surface area contributed by atoms with E-state index in [1.807, 2.05) is 30.3 Å². The van der Waals surface area contributed by atoms with Crippen LogP contribution in [-0.2, 0) is 17.6 Å². The summed E-state index contributed by atoms with van der Waals surface area (Å²) in [6.45, 7) is 0. The second kappa shape index (κ2) is 5.67. The van der Waals surface area contributed by atoms with E-state index >= 15 is 0 Å². The van der Waals surface area contributed by atoms with E-state index in [1.165, 1.54) is 11.3 Å². The smallest absolute Gasteiger partial charge is 0.142 e. The molecule has 0 N–H and O–H groups in total. The number of hydrogen-bond donors (Lipinski definition) is 0. The van der Waals surface area contributed by atoms with Gasteiger partial charge in [-0.15, -0.1) is 11.3 Å². The number of rotatable bonds is 4. The van der Waals surface area contributed by atoms with Crippen molar-refractivity contribution in [2.24, 2.45) is 0 Å². The first-order valence-electron chi connectivity index (χ1n) is 5.14. The van der Waals surface area contributed by atoms with Gasteiger partial charge in [0.05, 0.1) is 4.34 Å². The summed E-state index contributed by atoms with van der Waals surface area (Å²) in [6.07, 6.45) is 0.847. The van der Waals surface area contributed by atoms with Crippen LogP contribution in [0.4, 0.5) is 0 Å². The fraction of sp³-hybridized carbons (Fsp3) is 0.154. The molecular weight excluding hydrogens is 275 g/mol. The first-order valence-corrected chi connectivity index (χ1v) is 6.71. The molecule has 0 saturated carbocycles. The van der Waals surface area contributed by atoms with Crippen LogP contribution in [0.5, 0.6) is 0 Å². The maximum atomic E-state index is 11.8. The van der Waals surface area contributed by atoms with Crippen LogP contribution in [0.2, 0.25) is 9.36 Å². The number of benzene rings is 1. The van der Waals surface area contributed by atoms with Gasteiger partial charge in [0.25, 0.3) is 0 Å². The number of thiophene rings is 1. The summed E-state index contributed by atoms with van der Waals surface area (Å²) >= 11 is 13.1. The zero-order chi connectivity index (χ0) is 12.3. The Hall–Kier alpha value is -0.830. The van der Waals surface area contributed by atoms with Crippen molar-refractivity contribution >= 4 is 40.3 Å². The average molecular weight is 285 g/mol. The van der Waals surface area contributed by atoms with Crippen LogP contribution >= 0.6 is 34.5 Å². The zero-order valence-electron chi connectivity index (χ0n) is 8.95. The molecule has 2 rings (SSSR count). The molecule has 0 unspecified atom stereocenters. The van der Waals surface area contributed by atoms with E-state index in [4.69, 9.17) is 23.2 Å². The highest BCUT2D eigenvalue weighted by Gasteiger charge is 2.07. The number of halogens is 2. The Morgan fingerprint density at radius 2 is 1.94 bits per heavy atom. The summed E-state index contributed by atoms with van der Waals surface area (Å²) < 4.78 is 0.718. The molecule has 0 radical (unpaired) electrons. The third kappa shape index (κ3) is 3.84. The third-order valence-electron chi connectivity index (χ3n) is 2.29. The van der Waals surface area contributed by atoms with Crippen LogP contribution in [0, 0.1) is 0 Å². The lowest BCUT2D eigenvalue weighted by atomic mass is 10.1. The van der Waals surface area contributed by atoms with Crippen molar-refractivity contribution in [3.63, 3.8) is 0 Å². The van der Waals surface area contributed by atoms with E-state index in [0.717, 1.165) is 14.8 Å². The predicted octanol–water partition coefficient (Wildman–Crippen LogP) is 4.41. The van der Waals surface area contributed by atoms with Gasteiger partial charge in [0.2, 0.25) is 0 Å². The van der Waals surface area contributed by atoms with E-state index in [-0.39, 0.29) is 5.78 Å². The fourth-order valence-corrected chi connectivity index (χ4v) is 2.91. The molecule has 17 heavy (non-hydrogen) atoms. The average Bonchev–Trinajstić information content (AvgIpc) is 2.63. The van der Waals surface area contributed by atoms with Gasteiger partial charge in [-0.2, -0.15) is 0 Å². The number of carbonyl (C=O) groups excluding carboxylic acids is 1. The molecule has 88 valence electrons. The predicted molar refractivity (Wildman–Crippen MR) is 73.2 cm³/mol. The first-order chi connectivity index (χ1) is 8.13. The Labute approximate surface area is 114 Å². The van der Waals surface area contributed by atoms with Gasteiger partial charge in [-0.05, 0) is 29.8 Å². The van der Waals surface area contributed by atoms with Crippen molar-refractivity contribution < 1.29 is 4.79 Å². The fourth-order valence-electron chi connectivity index (χ4n) is 1.58. The summed E-state index contributed by atoms with van der Waals surface area (Å²) in [5.41, 5.74) is 0.949. The summed E-state index contributed by atoms with van der Waals surface area (Å²) in [4.78, 5) is 12.8. The van der Waals surface area contributed by atoms with Crippen molar-refractivity contribution in [2.45, 2.75) is 12.8 Å². The summed E-state index contributed by atoms with van der Waals surface area (Å²) in [7, 11) is 0. The lowest BCUT2D eigenvalue weighted by Crippen LogP contribution is -2.05. The normalized spacial score (nSPS) is 10.5. The maximum Gasteiger partial charge on any atom is 0.142 e. The zero-order valence-corrected chi connectivity index (χ0v) is 11.3. The Kier molecular flexibility index (Phi) is 4.21. The molecule has 0 atom stereocenters. The molecule has 0 aliphatic carbocycles. The largest absolute Gasteiger partial charge is 0.299 e. The van der Waals surface area contributed by atoms with Gasteiger partial charge in [0.15, 0.2) is 0 Å². The number of carbonyl (C=O) groups is 1. The van der Waals surface area contributed by atoms with Gasteiger partial charge in [-0.25, -0.2) is 0 Å². The molecule has 0 amide bonds. The van der Waals surface area contributed by atoms with Gasteiger partial charge >= 0.3 is 0 Å². The number of hydrogen-bond acceptors (Lipinski definition) is 2. The van der Waals surface area contributed by atoms with Gasteiger partial charge in [0.1, 0.15) is 5.78 Å². The van der Waals surface area contributed by atoms with Crippen molar-refractivity contribution in [3.05, 3.63) is 56.2 Å². The SMILES string of the molecule is O=C(Cc1cccc(Cl)c1)Cc1ccc(Cl)s1. The molecule has 4 heteroatoms. The van der Waals surface area contributed by atoms with Gasteiger partial charge < -0.3 is 0 Å². The van der Waals surface area contributed by atoms with Crippen LogP contribution < -0.4 is 0 Å². The highest BCUT2D eigenvalue weighted by Crippen LogP contribution is 2.22. The molecule has 2 aromatic rings. The Bertz CT molecular complexity index is 534. The van der Waals surface area contributed by atoms with Crippen LogP contribution in [0.15, 0.2) is 36.4 Å². The molecular formula is C13H10Cl2OS. The van der Waals surface area contributed by atoms with E-state index in [2.05, 4.69) is 0 Å².